The number of unbranched alkanes of at least 4 members (excludes halogenated alkanes) is 8. The molecule has 3 heteroatoms. The molecule has 0 aromatic heterocycles. The molecule has 1 amide bonds. The van der Waals surface area contributed by atoms with Crippen molar-refractivity contribution < 1.29 is 9.90 Å². The van der Waals surface area contributed by atoms with E-state index in [0.717, 1.165) is 12.8 Å². The summed E-state index contributed by atoms with van der Waals surface area (Å²) in [5, 5.41) is 12.6. The van der Waals surface area contributed by atoms with Crippen molar-refractivity contribution in [2.45, 2.75) is 97.0 Å². The Morgan fingerprint density at radius 2 is 1.45 bits per heavy atom. The minimum Gasteiger partial charge on any atom is -0.388 e. The Morgan fingerprint density at radius 1 is 0.950 bits per heavy atom. The lowest BCUT2D eigenvalue weighted by Gasteiger charge is -2.21. The Labute approximate surface area is 125 Å². The predicted octanol–water partition coefficient (Wildman–Crippen LogP) is 4.18. The fraction of sp³-hybridized carbons (Fsp3) is 0.941. The average Bonchev–Trinajstić information content (AvgIpc) is 2.43. The first-order valence-electron chi connectivity index (χ1n) is 8.51. The SMILES string of the molecule is CCCCCCCCCCCC(=O)NCC(C)(O)CC. The smallest absolute Gasteiger partial charge is 0.220 e. The first kappa shape index (κ1) is 19.4. The van der Waals surface area contributed by atoms with E-state index >= 15 is 0 Å². The molecule has 1 atom stereocenters. The van der Waals surface area contributed by atoms with Gasteiger partial charge in [-0.2, -0.15) is 0 Å². The number of hydrogen-bond acceptors (Lipinski definition) is 2. The quantitative estimate of drug-likeness (QED) is 0.499. The monoisotopic (exact) mass is 285 g/mol. The van der Waals surface area contributed by atoms with Gasteiger partial charge in [0.1, 0.15) is 0 Å². The van der Waals surface area contributed by atoms with Crippen molar-refractivity contribution in [2.75, 3.05) is 6.54 Å². The van der Waals surface area contributed by atoms with E-state index < -0.39 is 5.60 Å². The van der Waals surface area contributed by atoms with Crippen LogP contribution in [0.25, 0.3) is 0 Å². The van der Waals surface area contributed by atoms with Crippen molar-refractivity contribution in [1.82, 2.24) is 5.32 Å². The molecule has 0 bridgehead atoms. The van der Waals surface area contributed by atoms with E-state index in [9.17, 15) is 9.90 Å². The topological polar surface area (TPSA) is 49.3 Å². The molecule has 0 aliphatic heterocycles. The molecule has 1 unspecified atom stereocenters. The van der Waals surface area contributed by atoms with E-state index in [0.29, 0.717) is 19.4 Å². The summed E-state index contributed by atoms with van der Waals surface area (Å²) in [7, 11) is 0. The molecule has 0 fully saturated rings. The number of hydrogen-bond donors (Lipinski definition) is 2. The van der Waals surface area contributed by atoms with Gasteiger partial charge in [-0.15, -0.1) is 0 Å². The van der Waals surface area contributed by atoms with Gasteiger partial charge in [0.2, 0.25) is 5.91 Å². The highest BCUT2D eigenvalue weighted by Crippen LogP contribution is 2.11. The largest absolute Gasteiger partial charge is 0.388 e. The summed E-state index contributed by atoms with van der Waals surface area (Å²) in [4.78, 5) is 11.6. The first-order chi connectivity index (χ1) is 9.52. The van der Waals surface area contributed by atoms with Crippen LogP contribution in [0, 0.1) is 0 Å². The summed E-state index contributed by atoms with van der Waals surface area (Å²) in [5.41, 5.74) is -0.770. The molecule has 0 aliphatic carbocycles. The second kappa shape index (κ2) is 12.2. The van der Waals surface area contributed by atoms with Gasteiger partial charge in [-0.1, -0.05) is 65.2 Å². The van der Waals surface area contributed by atoms with Gasteiger partial charge in [-0.3, -0.25) is 4.79 Å². The Morgan fingerprint density at radius 3 is 1.95 bits per heavy atom. The molecule has 0 heterocycles. The van der Waals surface area contributed by atoms with Crippen LogP contribution in [0.4, 0.5) is 0 Å². The van der Waals surface area contributed by atoms with E-state index in [4.69, 9.17) is 0 Å². The molecule has 0 rings (SSSR count). The fourth-order valence-corrected chi connectivity index (χ4v) is 2.10. The minimum absolute atomic E-state index is 0.0710. The van der Waals surface area contributed by atoms with Crippen molar-refractivity contribution >= 4 is 5.91 Å². The Hall–Kier alpha value is -0.570. The van der Waals surface area contributed by atoms with Gasteiger partial charge in [0, 0.05) is 13.0 Å². The van der Waals surface area contributed by atoms with Crippen molar-refractivity contribution in [2.24, 2.45) is 0 Å². The summed E-state index contributed by atoms with van der Waals surface area (Å²) < 4.78 is 0. The molecule has 120 valence electrons. The molecule has 0 aromatic rings. The van der Waals surface area contributed by atoms with Crippen LogP contribution in [0.1, 0.15) is 91.4 Å². The molecule has 0 saturated carbocycles. The second-order valence-corrected chi connectivity index (χ2v) is 6.21. The highest BCUT2D eigenvalue weighted by atomic mass is 16.3. The first-order valence-corrected chi connectivity index (χ1v) is 8.51. The minimum atomic E-state index is -0.770. The van der Waals surface area contributed by atoms with Crippen molar-refractivity contribution in [1.29, 1.82) is 0 Å². The summed E-state index contributed by atoms with van der Waals surface area (Å²) in [6.07, 6.45) is 12.6. The molecule has 0 spiro atoms. The summed E-state index contributed by atoms with van der Waals surface area (Å²) in [6.45, 7) is 6.28. The number of rotatable bonds is 13. The second-order valence-electron chi connectivity index (χ2n) is 6.21. The number of aliphatic hydroxyl groups is 1. The zero-order chi connectivity index (χ0) is 15.3. The number of amides is 1. The molecule has 3 nitrogen and oxygen atoms in total. The fourth-order valence-electron chi connectivity index (χ4n) is 2.10. The Kier molecular flexibility index (Phi) is 11.8. The van der Waals surface area contributed by atoms with Crippen LogP contribution in [0.3, 0.4) is 0 Å². The van der Waals surface area contributed by atoms with Crippen LogP contribution in [-0.2, 0) is 4.79 Å². The van der Waals surface area contributed by atoms with E-state index in [1.54, 1.807) is 6.92 Å². The Balaban J connectivity index is 3.32. The third-order valence-electron chi connectivity index (χ3n) is 3.94. The van der Waals surface area contributed by atoms with Gasteiger partial charge in [0.15, 0.2) is 0 Å². The molecule has 20 heavy (non-hydrogen) atoms. The molecule has 2 N–H and O–H groups in total. The summed E-state index contributed by atoms with van der Waals surface area (Å²) in [6, 6.07) is 0. The van der Waals surface area contributed by atoms with Crippen LogP contribution < -0.4 is 5.32 Å². The van der Waals surface area contributed by atoms with Crippen LogP contribution in [-0.4, -0.2) is 23.2 Å². The van der Waals surface area contributed by atoms with Gasteiger partial charge in [0.25, 0.3) is 0 Å². The average molecular weight is 285 g/mol. The van der Waals surface area contributed by atoms with Gasteiger partial charge < -0.3 is 10.4 Å². The zero-order valence-corrected chi connectivity index (χ0v) is 13.8. The maximum absolute atomic E-state index is 11.6. The van der Waals surface area contributed by atoms with Gasteiger partial charge in [-0.05, 0) is 19.8 Å². The third-order valence-corrected chi connectivity index (χ3v) is 3.94. The van der Waals surface area contributed by atoms with Crippen LogP contribution >= 0.6 is 0 Å². The molecular weight excluding hydrogens is 250 g/mol. The molecule has 0 aliphatic rings. The van der Waals surface area contributed by atoms with E-state index in [2.05, 4.69) is 12.2 Å². The van der Waals surface area contributed by atoms with Crippen molar-refractivity contribution in [3.8, 4) is 0 Å². The van der Waals surface area contributed by atoms with Crippen LogP contribution in [0.5, 0.6) is 0 Å². The molecule has 0 saturated heterocycles. The normalized spacial score (nSPS) is 14.0. The van der Waals surface area contributed by atoms with Crippen molar-refractivity contribution in [3.63, 3.8) is 0 Å². The summed E-state index contributed by atoms with van der Waals surface area (Å²) in [5.74, 6) is 0.0710. The standard InChI is InChI=1S/C17H35NO2/c1-4-6-7-8-9-10-11-12-13-14-16(19)18-15-17(3,20)5-2/h20H,4-15H2,1-3H3,(H,18,19). The molecule has 0 aromatic carbocycles. The van der Waals surface area contributed by atoms with Crippen LogP contribution in [0.2, 0.25) is 0 Å². The maximum Gasteiger partial charge on any atom is 0.220 e. The lowest BCUT2D eigenvalue weighted by Crippen LogP contribution is -2.39. The van der Waals surface area contributed by atoms with Gasteiger partial charge in [-0.25, -0.2) is 0 Å². The number of carbonyl (C=O) groups excluding carboxylic acids is 1. The predicted molar refractivity (Wildman–Crippen MR) is 85.8 cm³/mol. The van der Waals surface area contributed by atoms with E-state index in [1.807, 2.05) is 6.92 Å². The van der Waals surface area contributed by atoms with Crippen molar-refractivity contribution in [3.05, 3.63) is 0 Å². The molecular formula is C17H35NO2. The van der Waals surface area contributed by atoms with Gasteiger partial charge >= 0.3 is 0 Å². The lowest BCUT2D eigenvalue weighted by atomic mass is 10.0. The van der Waals surface area contributed by atoms with E-state index in [-0.39, 0.29) is 5.91 Å². The molecule has 0 radical (unpaired) electrons. The van der Waals surface area contributed by atoms with Crippen LogP contribution in [0.15, 0.2) is 0 Å². The van der Waals surface area contributed by atoms with Gasteiger partial charge in [0.05, 0.1) is 5.60 Å². The third kappa shape index (κ3) is 12.5. The highest BCUT2D eigenvalue weighted by molar-refractivity contribution is 5.75. The highest BCUT2D eigenvalue weighted by Gasteiger charge is 2.17. The van der Waals surface area contributed by atoms with E-state index in [1.165, 1.54) is 44.9 Å². The number of carbonyl (C=O) groups is 1. The zero-order valence-electron chi connectivity index (χ0n) is 13.8. The number of nitrogens with one attached hydrogen (secondary N) is 1. The summed E-state index contributed by atoms with van der Waals surface area (Å²) >= 11 is 0. The maximum atomic E-state index is 11.6. The lowest BCUT2D eigenvalue weighted by molar-refractivity contribution is -0.122. The Bertz CT molecular complexity index is 239.